The summed E-state index contributed by atoms with van der Waals surface area (Å²) in [5.41, 5.74) is 0.547. The molecule has 0 aliphatic carbocycles. The first-order valence-corrected chi connectivity index (χ1v) is 6.38. The number of rotatable bonds is 6. The van der Waals surface area contributed by atoms with Gasteiger partial charge in [-0.2, -0.15) is 0 Å². The first-order chi connectivity index (χ1) is 8.49. The van der Waals surface area contributed by atoms with Crippen molar-refractivity contribution in [1.82, 2.24) is 4.90 Å². The summed E-state index contributed by atoms with van der Waals surface area (Å²) < 4.78 is 11.3. The van der Waals surface area contributed by atoms with E-state index in [4.69, 9.17) is 9.47 Å². The van der Waals surface area contributed by atoms with Crippen molar-refractivity contribution in [3.05, 3.63) is 22.2 Å². The van der Waals surface area contributed by atoms with Crippen LogP contribution in [0.4, 0.5) is 0 Å². The van der Waals surface area contributed by atoms with Crippen LogP contribution in [-0.4, -0.2) is 45.5 Å². The number of benzene rings is 1. The second kappa shape index (κ2) is 6.75. The highest BCUT2D eigenvalue weighted by atomic mass is 79.9. The van der Waals surface area contributed by atoms with E-state index < -0.39 is 0 Å². The number of carbonyl (C=O) groups is 1. The number of carbonyl (C=O) groups excluding carboxylic acids is 1. The van der Waals surface area contributed by atoms with Crippen molar-refractivity contribution in [3.63, 3.8) is 0 Å². The molecule has 0 radical (unpaired) electrons. The van der Waals surface area contributed by atoms with E-state index in [0.29, 0.717) is 30.0 Å². The van der Waals surface area contributed by atoms with E-state index >= 15 is 0 Å². The molecule has 0 aromatic heterocycles. The number of nitrogens with zero attached hydrogens (tertiary/aromatic N) is 1. The lowest BCUT2D eigenvalue weighted by Crippen LogP contribution is -2.17. The van der Waals surface area contributed by atoms with Gasteiger partial charge in [0.1, 0.15) is 0 Å². The summed E-state index contributed by atoms with van der Waals surface area (Å²) in [6.45, 7) is 0.705. The van der Waals surface area contributed by atoms with Crippen LogP contribution in [0.1, 0.15) is 16.8 Å². The van der Waals surface area contributed by atoms with Crippen LogP contribution in [0.2, 0.25) is 0 Å². The fourth-order valence-corrected chi connectivity index (χ4v) is 2.03. The van der Waals surface area contributed by atoms with E-state index in [-0.39, 0.29) is 5.78 Å². The van der Waals surface area contributed by atoms with Crippen LogP contribution in [0.5, 0.6) is 11.5 Å². The summed E-state index contributed by atoms with van der Waals surface area (Å²) in [7, 11) is 6.96. The minimum absolute atomic E-state index is 0.0418. The zero-order chi connectivity index (χ0) is 13.7. The van der Waals surface area contributed by atoms with Crippen LogP contribution >= 0.6 is 15.9 Å². The van der Waals surface area contributed by atoms with Crippen molar-refractivity contribution >= 4 is 21.7 Å². The molecule has 0 saturated carbocycles. The molecule has 100 valence electrons. The van der Waals surface area contributed by atoms with Gasteiger partial charge in [0.2, 0.25) is 0 Å². The molecule has 5 heteroatoms. The molecule has 0 saturated heterocycles. The molecule has 4 nitrogen and oxygen atoms in total. The molecule has 18 heavy (non-hydrogen) atoms. The lowest BCUT2D eigenvalue weighted by molar-refractivity contribution is 0.0969. The Hall–Kier alpha value is -1.07. The largest absolute Gasteiger partial charge is 0.493 e. The number of methoxy groups -OCH3 is 2. The van der Waals surface area contributed by atoms with Crippen LogP contribution in [0.15, 0.2) is 16.6 Å². The van der Waals surface area contributed by atoms with E-state index in [1.807, 2.05) is 19.0 Å². The van der Waals surface area contributed by atoms with Crippen molar-refractivity contribution in [2.75, 3.05) is 34.9 Å². The summed E-state index contributed by atoms with van der Waals surface area (Å²) >= 11 is 3.37. The molecular weight excluding hydrogens is 298 g/mol. The third kappa shape index (κ3) is 3.71. The molecule has 0 bridgehead atoms. The first-order valence-electron chi connectivity index (χ1n) is 5.59. The second-order valence-electron chi connectivity index (χ2n) is 4.17. The molecule has 0 fully saturated rings. The van der Waals surface area contributed by atoms with Gasteiger partial charge in [-0.15, -0.1) is 0 Å². The molecular formula is C13H18BrNO3. The van der Waals surface area contributed by atoms with Gasteiger partial charge in [0.05, 0.1) is 19.8 Å². The summed E-state index contributed by atoms with van der Waals surface area (Å²) in [5.74, 6) is 1.09. The van der Waals surface area contributed by atoms with Gasteiger partial charge in [-0.3, -0.25) is 4.79 Å². The standard InChI is InChI=1S/C13H18BrNO3/c1-15(2)6-5-11(16)10-7-9(14)8-12(17-3)13(10)18-4/h7-8H,5-6H2,1-4H3. The van der Waals surface area contributed by atoms with Crippen molar-refractivity contribution < 1.29 is 14.3 Å². The van der Waals surface area contributed by atoms with Gasteiger partial charge >= 0.3 is 0 Å². The van der Waals surface area contributed by atoms with Gasteiger partial charge < -0.3 is 14.4 Å². The highest BCUT2D eigenvalue weighted by Crippen LogP contribution is 2.35. The number of hydrogen-bond donors (Lipinski definition) is 0. The Morgan fingerprint density at radius 1 is 1.28 bits per heavy atom. The van der Waals surface area contributed by atoms with Gasteiger partial charge in [0.25, 0.3) is 0 Å². The number of hydrogen-bond acceptors (Lipinski definition) is 4. The molecule has 1 aromatic carbocycles. The molecule has 0 aliphatic rings. The molecule has 0 atom stereocenters. The average Bonchev–Trinajstić information content (AvgIpc) is 2.34. The minimum Gasteiger partial charge on any atom is -0.493 e. The predicted molar refractivity (Wildman–Crippen MR) is 74.7 cm³/mol. The third-order valence-corrected chi connectivity index (χ3v) is 2.99. The first kappa shape index (κ1) is 15.0. The number of ketones is 1. The highest BCUT2D eigenvalue weighted by Gasteiger charge is 2.17. The van der Waals surface area contributed by atoms with Crippen molar-refractivity contribution in [2.24, 2.45) is 0 Å². The van der Waals surface area contributed by atoms with Crippen molar-refractivity contribution in [1.29, 1.82) is 0 Å². The maximum Gasteiger partial charge on any atom is 0.171 e. The summed E-state index contributed by atoms with van der Waals surface area (Å²) in [5, 5.41) is 0. The van der Waals surface area contributed by atoms with E-state index in [9.17, 15) is 4.79 Å². The van der Waals surface area contributed by atoms with Crippen LogP contribution < -0.4 is 9.47 Å². The monoisotopic (exact) mass is 315 g/mol. The summed E-state index contributed by atoms with van der Waals surface area (Å²) in [6, 6.07) is 3.54. The van der Waals surface area contributed by atoms with Crippen LogP contribution in [0.3, 0.4) is 0 Å². The quantitative estimate of drug-likeness (QED) is 0.756. The average molecular weight is 316 g/mol. The number of ether oxygens (including phenoxy) is 2. The number of halogens is 1. The Balaban J connectivity index is 3.06. The zero-order valence-corrected chi connectivity index (χ0v) is 12.7. The van der Waals surface area contributed by atoms with E-state index in [1.54, 1.807) is 19.2 Å². The predicted octanol–water partition coefficient (Wildman–Crippen LogP) is 2.60. The van der Waals surface area contributed by atoms with Gasteiger partial charge in [0.15, 0.2) is 17.3 Å². The third-order valence-electron chi connectivity index (χ3n) is 2.53. The maximum absolute atomic E-state index is 12.2. The lowest BCUT2D eigenvalue weighted by Gasteiger charge is -2.14. The molecule has 0 heterocycles. The van der Waals surface area contributed by atoms with Gasteiger partial charge in [0, 0.05) is 17.4 Å². The molecule has 1 aromatic rings. The van der Waals surface area contributed by atoms with Crippen LogP contribution in [0.25, 0.3) is 0 Å². The van der Waals surface area contributed by atoms with Gasteiger partial charge in [-0.1, -0.05) is 15.9 Å². The van der Waals surface area contributed by atoms with E-state index in [2.05, 4.69) is 15.9 Å². The number of Topliss-reactive ketones (excluding diaryl/α,β-unsaturated/α-hetero) is 1. The molecule has 0 unspecified atom stereocenters. The maximum atomic E-state index is 12.2. The highest BCUT2D eigenvalue weighted by molar-refractivity contribution is 9.10. The van der Waals surface area contributed by atoms with Crippen molar-refractivity contribution in [3.8, 4) is 11.5 Å². The Bertz CT molecular complexity index is 432. The molecule has 0 spiro atoms. The molecule has 0 amide bonds. The normalized spacial score (nSPS) is 10.6. The second-order valence-corrected chi connectivity index (χ2v) is 5.08. The summed E-state index contributed by atoms with van der Waals surface area (Å²) in [6.07, 6.45) is 0.447. The SMILES string of the molecule is COc1cc(Br)cc(C(=O)CCN(C)C)c1OC. The Morgan fingerprint density at radius 3 is 2.44 bits per heavy atom. The molecule has 1 rings (SSSR count). The minimum atomic E-state index is 0.0418. The van der Waals surface area contributed by atoms with Crippen LogP contribution in [0, 0.1) is 0 Å². The van der Waals surface area contributed by atoms with Gasteiger partial charge in [-0.05, 0) is 26.2 Å². The molecule has 0 N–H and O–H groups in total. The van der Waals surface area contributed by atoms with Crippen LogP contribution in [-0.2, 0) is 0 Å². The Morgan fingerprint density at radius 2 is 1.94 bits per heavy atom. The molecule has 0 aliphatic heterocycles. The van der Waals surface area contributed by atoms with Crippen molar-refractivity contribution in [2.45, 2.75) is 6.42 Å². The Kier molecular flexibility index (Phi) is 5.62. The topological polar surface area (TPSA) is 38.8 Å². The fourth-order valence-electron chi connectivity index (χ4n) is 1.60. The Labute approximate surface area is 116 Å². The zero-order valence-electron chi connectivity index (χ0n) is 11.1. The van der Waals surface area contributed by atoms with E-state index in [1.165, 1.54) is 7.11 Å². The fraction of sp³-hybridized carbons (Fsp3) is 0.462. The lowest BCUT2D eigenvalue weighted by atomic mass is 10.1. The van der Waals surface area contributed by atoms with Gasteiger partial charge in [-0.25, -0.2) is 0 Å². The van der Waals surface area contributed by atoms with E-state index in [0.717, 1.165) is 4.47 Å². The summed E-state index contributed by atoms with van der Waals surface area (Å²) in [4.78, 5) is 14.1. The smallest absolute Gasteiger partial charge is 0.171 e.